The smallest absolute Gasteiger partial charge is 0.410 e. The Kier molecular flexibility index (Phi) is 5.70. The number of amides is 2. The number of hydrogen-bond donors (Lipinski definition) is 0. The maximum Gasteiger partial charge on any atom is 0.410 e. The summed E-state index contributed by atoms with van der Waals surface area (Å²) in [6.45, 7) is 8.25. The van der Waals surface area contributed by atoms with Crippen LogP contribution in [0.1, 0.15) is 59.3 Å². The molecule has 0 aromatic carbocycles. The summed E-state index contributed by atoms with van der Waals surface area (Å²) in [6.07, 6.45) is 6.18. The van der Waals surface area contributed by atoms with Gasteiger partial charge in [0.25, 0.3) is 0 Å². The van der Waals surface area contributed by atoms with E-state index >= 15 is 0 Å². The highest BCUT2D eigenvalue weighted by molar-refractivity contribution is 5.76. The first-order chi connectivity index (χ1) is 10.3. The highest BCUT2D eigenvalue weighted by atomic mass is 16.6. The molecule has 0 unspecified atom stereocenters. The van der Waals surface area contributed by atoms with Gasteiger partial charge in [0.15, 0.2) is 0 Å². The number of nitrogens with zero attached hydrogens (tertiary/aromatic N) is 2. The Hall–Kier alpha value is -1.26. The molecule has 2 rings (SSSR count). The topological polar surface area (TPSA) is 49.9 Å². The van der Waals surface area contributed by atoms with Gasteiger partial charge in [0.05, 0.1) is 0 Å². The molecule has 5 heteroatoms. The van der Waals surface area contributed by atoms with Crippen LogP contribution in [-0.4, -0.2) is 53.6 Å². The van der Waals surface area contributed by atoms with Crippen LogP contribution in [0.5, 0.6) is 0 Å². The summed E-state index contributed by atoms with van der Waals surface area (Å²) in [5.74, 6) is 0.843. The molecule has 1 heterocycles. The van der Waals surface area contributed by atoms with Gasteiger partial charge in [-0.05, 0) is 46.0 Å². The van der Waals surface area contributed by atoms with Gasteiger partial charge in [-0.25, -0.2) is 4.79 Å². The van der Waals surface area contributed by atoms with Crippen LogP contribution in [0.15, 0.2) is 0 Å². The summed E-state index contributed by atoms with van der Waals surface area (Å²) in [4.78, 5) is 28.2. The maximum absolute atomic E-state index is 12.4. The largest absolute Gasteiger partial charge is 0.444 e. The van der Waals surface area contributed by atoms with Crippen molar-refractivity contribution in [1.82, 2.24) is 9.80 Å². The molecule has 0 atom stereocenters. The molecule has 1 saturated heterocycles. The molecule has 0 spiro atoms. The lowest BCUT2D eigenvalue weighted by atomic mass is 10.0. The first-order valence-electron chi connectivity index (χ1n) is 8.61. The summed E-state index contributed by atoms with van der Waals surface area (Å²) in [5.41, 5.74) is -0.471. The molecule has 0 aromatic heterocycles. The Labute approximate surface area is 134 Å². The molecular formula is C17H30N2O3. The second-order valence-electron chi connectivity index (χ2n) is 7.56. The van der Waals surface area contributed by atoms with E-state index in [1.54, 1.807) is 4.90 Å². The molecule has 126 valence electrons. The van der Waals surface area contributed by atoms with Crippen LogP contribution in [0.3, 0.4) is 0 Å². The van der Waals surface area contributed by atoms with Crippen molar-refractivity contribution < 1.29 is 14.3 Å². The summed E-state index contributed by atoms with van der Waals surface area (Å²) in [6, 6.07) is 0. The predicted molar refractivity (Wildman–Crippen MR) is 85.6 cm³/mol. The summed E-state index contributed by atoms with van der Waals surface area (Å²) >= 11 is 0. The normalized spacial score (nSPS) is 20.9. The van der Waals surface area contributed by atoms with E-state index < -0.39 is 5.60 Å². The van der Waals surface area contributed by atoms with E-state index in [0.717, 1.165) is 13.0 Å². The van der Waals surface area contributed by atoms with Gasteiger partial charge in [-0.2, -0.15) is 0 Å². The molecule has 0 aromatic rings. The zero-order valence-corrected chi connectivity index (χ0v) is 14.3. The molecule has 22 heavy (non-hydrogen) atoms. The molecule has 2 amide bonds. The highest BCUT2D eigenvalue weighted by Crippen LogP contribution is 2.28. The lowest BCUT2D eigenvalue weighted by molar-refractivity contribution is -0.132. The number of ether oxygens (including phenoxy) is 1. The Morgan fingerprint density at radius 1 is 0.955 bits per heavy atom. The predicted octanol–water partition coefficient (Wildman–Crippen LogP) is 3.04. The molecule has 1 saturated carbocycles. The zero-order chi connectivity index (χ0) is 16.2. The second-order valence-corrected chi connectivity index (χ2v) is 7.56. The second kappa shape index (κ2) is 7.34. The van der Waals surface area contributed by atoms with Crippen LogP contribution in [0, 0.1) is 5.92 Å². The average molecular weight is 310 g/mol. The zero-order valence-electron chi connectivity index (χ0n) is 14.3. The minimum absolute atomic E-state index is 0.262. The van der Waals surface area contributed by atoms with Crippen LogP contribution < -0.4 is 0 Å². The van der Waals surface area contributed by atoms with Gasteiger partial charge < -0.3 is 14.5 Å². The third kappa shape index (κ3) is 5.18. The van der Waals surface area contributed by atoms with Crippen molar-refractivity contribution >= 4 is 12.0 Å². The SMILES string of the molecule is CC(C)(C)OC(=O)N1CCCN(C(=O)CC2CCCC2)CC1. The Morgan fingerprint density at radius 3 is 2.18 bits per heavy atom. The van der Waals surface area contributed by atoms with Gasteiger partial charge in [-0.3, -0.25) is 4.79 Å². The Bertz CT molecular complexity index is 397. The Balaban J connectivity index is 1.81. The highest BCUT2D eigenvalue weighted by Gasteiger charge is 2.27. The molecule has 0 bridgehead atoms. The van der Waals surface area contributed by atoms with Crippen LogP contribution in [0.4, 0.5) is 4.79 Å². The van der Waals surface area contributed by atoms with Crippen molar-refractivity contribution in [1.29, 1.82) is 0 Å². The van der Waals surface area contributed by atoms with Crippen molar-refractivity contribution in [3.63, 3.8) is 0 Å². The number of hydrogen-bond acceptors (Lipinski definition) is 3. The van der Waals surface area contributed by atoms with Gasteiger partial charge in [0.2, 0.25) is 5.91 Å². The third-order valence-corrected chi connectivity index (χ3v) is 4.44. The summed E-state index contributed by atoms with van der Waals surface area (Å²) in [5, 5.41) is 0. The minimum atomic E-state index is -0.471. The van der Waals surface area contributed by atoms with Crippen LogP contribution in [0.2, 0.25) is 0 Å². The van der Waals surface area contributed by atoms with Gasteiger partial charge in [0.1, 0.15) is 5.60 Å². The molecule has 1 aliphatic heterocycles. The minimum Gasteiger partial charge on any atom is -0.444 e. The molecule has 2 fully saturated rings. The average Bonchev–Trinajstić information content (AvgIpc) is 2.78. The number of carbonyl (C=O) groups excluding carboxylic acids is 2. The fourth-order valence-corrected chi connectivity index (χ4v) is 3.27. The van der Waals surface area contributed by atoms with E-state index in [1.165, 1.54) is 25.7 Å². The van der Waals surface area contributed by atoms with Gasteiger partial charge in [-0.1, -0.05) is 12.8 Å². The van der Waals surface area contributed by atoms with E-state index in [-0.39, 0.29) is 12.0 Å². The van der Waals surface area contributed by atoms with Crippen molar-refractivity contribution in [2.24, 2.45) is 5.92 Å². The molecule has 2 aliphatic rings. The van der Waals surface area contributed by atoms with Crippen molar-refractivity contribution in [2.75, 3.05) is 26.2 Å². The van der Waals surface area contributed by atoms with E-state index in [4.69, 9.17) is 4.74 Å². The monoisotopic (exact) mass is 310 g/mol. The van der Waals surface area contributed by atoms with Crippen molar-refractivity contribution in [3.8, 4) is 0 Å². The van der Waals surface area contributed by atoms with Crippen molar-refractivity contribution in [3.05, 3.63) is 0 Å². The quantitative estimate of drug-likeness (QED) is 0.787. The van der Waals surface area contributed by atoms with E-state index in [2.05, 4.69) is 0 Å². The van der Waals surface area contributed by atoms with E-state index in [1.807, 2.05) is 25.7 Å². The van der Waals surface area contributed by atoms with Crippen molar-refractivity contribution in [2.45, 2.75) is 64.9 Å². The molecule has 5 nitrogen and oxygen atoms in total. The first-order valence-corrected chi connectivity index (χ1v) is 8.61. The number of carbonyl (C=O) groups is 2. The van der Waals surface area contributed by atoms with Crippen LogP contribution in [-0.2, 0) is 9.53 Å². The fraction of sp³-hybridized carbons (Fsp3) is 0.882. The Morgan fingerprint density at radius 2 is 1.55 bits per heavy atom. The van der Waals surface area contributed by atoms with E-state index in [0.29, 0.717) is 32.0 Å². The molecule has 0 N–H and O–H groups in total. The van der Waals surface area contributed by atoms with Gasteiger partial charge in [0, 0.05) is 32.6 Å². The third-order valence-electron chi connectivity index (χ3n) is 4.44. The molecule has 0 radical (unpaired) electrons. The maximum atomic E-state index is 12.4. The lowest BCUT2D eigenvalue weighted by Gasteiger charge is -2.26. The lowest BCUT2D eigenvalue weighted by Crippen LogP contribution is -2.40. The first kappa shape index (κ1) is 17.1. The number of rotatable bonds is 2. The van der Waals surface area contributed by atoms with E-state index in [9.17, 15) is 9.59 Å². The van der Waals surface area contributed by atoms with Gasteiger partial charge >= 0.3 is 6.09 Å². The van der Waals surface area contributed by atoms with Gasteiger partial charge in [-0.15, -0.1) is 0 Å². The summed E-state index contributed by atoms with van der Waals surface area (Å²) in [7, 11) is 0. The van der Waals surface area contributed by atoms with Crippen LogP contribution >= 0.6 is 0 Å². The summed E-state index contributed by atoms with van der Waals surface area (Å²) < 4.78 is 5.42. The fourth-order valence-electron chi connectivity index (χ4n) is 3.27. The molecular weight excluding hydrogens is 280 g/mol. The van der Waals surface area contributed by atoms with Crippen LogP contribution in [0.25, 0.3) is 0 Å². The molecule has 1 aliphatic carbocycles. The standard InChI is InChI=1S/C17H30N2O3/c1-17(2,3)22-16(21)19-10-6-9-18(11-12-19)15(20)13-14-7-4-5-8-14/h14H,4-13H2,1-3H3.